The Bertz CT molecular complexity index is 464. The quantitative estimate of drug-likeness (QED) is 0.744. The number of hydrogen-bond donors (Lipinski definition) is 2. The number of nitrogen functional groups attached to an aromatic ring is 1. The largest absolute Gasteiger partial charge is 0.487 e. The van der Waals surface area contributed by atoms with Gasteiger partial charge in [-0.1, -0.05) is 17.4 Å². The standard InChI is InChI=1S/C10H11NO2S/c1-13-10-8(5-12)7-3-2-6(11)4-9(7)14-10/h2-4,12H,5,11H2,1H3. The van der Waals surface area contributed by atoms with Crippen LogP contribution in [-0.4, -0.2) is 12.2 Å². The molecule has 0 saturated heterocycles. The zero-order valence-corrected chi connectivity index (χ0v) is 8.60. The average molecular weight is 209 g/mol. The molecular formula is C10H11NO2S. The van der Waals surface area contributed by atoms with Crippen LogP contribution in [0.25, 0.3) is 10.1 Å². The molecule has 0 fully saturated rings. The summed E-state index contributed by atoms with van der Waals surface area (Å²) < 4.78 is 6.23. The third kappa shape index (κ3) is 1.32. The SMILES string of the molecule is COc1sc2cc(N)ccc2c1CO. The van der Waals surface area contributed by atoms with Gasteiger partial charge in [-0.2, -0.15) is 0 Å². The lowest BCUT2D eigenvalue weighted by molar-refractivity contribution is 0.277. The van der Waals surface area contributed by atoms with Gasteiger partial charge in [-0.25, -0.2) is 0 Å². The molecule has 3 nitrogen and oxygen atoms in total. The third-order valence-electron chi connectivity index (χ3n) is 2.12. The number of aliphatic hydroxyl groups excluding tert-OH is 1. The molecular weight excluding hydrogens is 198 g/mol. The van der Waals surface area contributed by atoms with Crippen LogP contribution in [0.5, 0.6) is 5.06 Å². The highest BCUT2D eigenvalue weighted by Gasteiger charge is 2.11. The van der Waals surface area contributed by atoms with Gasteiger partial charge in [0.1, 0.15) is 0 Å². The van der Waals surface area contributed by atoms with E-state index in [0.717, 1.165) is 26.4 Å². The van der Waals surface area contributed by atoms with E-state index in [4.69, 9.17) is 10.5 Å². The normalized spacial score (nSPS) is 10.7. The predicted octanol–water partition coefficient (Wildman–Crippen LogP) is 1.98. The summed E-state index contributed by atoms with van der Waals surface area (Å²) in [6.07, 6.45) is 0. The first kappa shape index (κ1) is 9.30. The first-order chi connectivity index (χ1) is 6.76. The summed E-state index contributed by atoms with van der Waals surface area (Å²) in [7, 11) is 1.60. The number of ether oxygens (including phenoxy) is 1. The molecule has 1 aromatic heterocycles. The zero-order chi connectivity index (χ0) is 10.1. The second-order valence-electron chi connectivity index (χ2n) is 2.99. The molecule has 0 atom stereocenters. The van der Waals surface area contributed by atoms with Crippen molar-refractivity contribution in [3.05, 3.63) is 23.8 Å². The van der Waals surface area contributed by atoms with Crippen molar-refractivity contribution in [2.75, 3.05) is 12.8 Å². The molecule has 0 aliphatic rings. The van der Waals surface area contributed by atoms with E-state index in [9.17, 15) is 5.11 Å². The maximum atomic E-state index is 9.20. The van der Waals surface area contributed by atoms with E-state index >= 15 is 0 Å². The van der Waals surface area contributed by atoms with Crippen LogP contribution in [0.2, 0.25) is 0 Å². The maximum Gasteiger partial charge on any atom is 0.180 e. The summed E-state index contributed by atoms with van der Waals surface area (Å²) in [6.45, 7) is -0.00685. The number of aliphatic hydroxyl groups is 1. The molecule has 2 aromatic rings. The molecule has 0 aliphatic carbocycles. The van der Waals surface area contributed by atoms with E-state index in [2.05, 4.69) is 0 Å². The van der Waals surface area contributed by atoms with Gasteiger partial charge in [0.2, 0.25) is 0 Å². The van der Waals surface area contributed by atoms with Crippen LogP contribution in [0.4, 0.5) is 5.69 Å². The van der Waals surface area contributed by atoms with Crippen LogP contribution in [0, 0.1) is 0 Å². The van der Waals surface area contributed by atoms with Gasteiger partial charge >= 0.3 is 0 Å². The molecule has 74 valence electrons. The number of anilines is 1. The highest BCUT2D eigenvalue weighted by molar-refractivity contribution is 7.21. The van der Waals surface area contributed by atoms with Crippen molar-refractivity contribution in [1.82, 2.24) is 0 Å². The Morgan fingerprint density at radius 3 is 2.93 bits per heavy atom. The van der Waals surface area contributed by atoms with Gasteiger partial charge in [0.15, 0.2) is 5.06 Å². The monoisotopic (exact) mass is 209 g/mol. The van der Waals surface area contributed by atoms with Crippen molar-refractivity contribution in [3.63, 3.8) is 0 Å². The Balaban J connectivity index is 2.73. The lowest BCUT2D eigenvalue weighted by Gasteiger charge is -1.98. The third-order valence-corrected chi connectivity index (χ3v) is 3.28. The molecule has 0 aliphatic heterocycles. The van der Waals surface area contributed by atoms with Gasteiger partial charge in [-0.15, -0.1) is 0 Å². The molecule has 0 unspecified atom stereocenters. The molecule has 0 radical (unpaired) electrons. The fourth-order valence-corrected chi connectivity index (χ4v) is 2.54. The van der Waals surface area contributed by atoms with Crippen LogP contribution in [0.1, 0.15) is 5.56 Å². The lowest BCUT2D eigenvalue weighted by Crippen LogP contribution is -1.87. The summed E-state index contributed by atoms with van der Waals surface area (Å²) in [4.78, 5) is 0. The van der Waals surface area contributed by atoms with Gasteiger partial charge < -0.3 is 15.6 Å². The van der Waals surface area contributed by atoms with E-state index in [1.54, 1.807) is 7.11 Å². The number of rotatable bonds is 2. The van der Waals surface area contributed by atoms with Gasteiger partial charge in [-0.3, -0.25) is 0 Å². The van der Waals surface area contributed by atoms with Crippen LogP contribution < -0.4 is 10.5 Å². The first-order valence-electron chi connectivity index (χ1n) is 4.22. The molecule has 1 heterocycles. The number of methoxy groups -OCH3 is 1. The Labute approximate surface area is 85.7 Å². The summed E-state index contributed by atoms with van der Waals surface area (Å²) in [5.41, 5.74) is 7.24. The highest BCUT2D eigenvalue weighted by atomic mass is 32.1. The van der Waals surface area contributed by atoms with Crippen molar-refractivity contribution < 1.29 is 9.84 Å². The van der Waals surface area contributed by atoms with Crippen LogP contribution in [0.15, 0.2) is 18.2 Å². The predicted molar refractivity (Wildman–Crippen MR) is 58.7 cm³/mol. The minimum absolute atomic E-state index is 0.00685. The Kier molecular flexibility index (Phi) is 2.31. The van der Waals surface area contributed by atoms with Crippen LogP contribution >= 0.6 is 11.3 Å². The molecule has 14 heavy (non-hydrogen) atoms. The molecule has 4 heteroatoms. The highest BCUT2D eigenvalue weighted by Crippen LogP contribution is 2.38. The number of fused-ring (bicyclic) bond motifs is 1. The summed E-state index contributed by atoms with van der Waals surface area (Å²) in [5.74, 6) is 0. The Morgan fingerprint density at radius 1 is 1.50 bits per heavy atom. The Morgan fingerprint density at radius 2 is 2.29 bits per heavy atom. The van der Waals surface area contributed by atoms with Gasteiger partial charge in [0, 0.05) is 21.3 Å². The second kappa shape index (κ2) is 3.48. The molecule has 0 bridgehead atoms. The van der Waals surface area contributed by atoms with E-state index in [1.807, 2.05) is 18.2 Å². The number of nitrogens with two attached hydrogens (primary N) is 1. The minimum Gasteiger partial charge on any atom is -0.487 e. The summed E-state index contributed by atoms with van der Waals surface area (Å²) in [5, 5.41) is 11.0. The minimum atomic E-state index is -0.00685. The molecule has 0 spiro atoms. The molecule has 2 rings (SSSR count). The van der Waals surface area contributed by atoms with Gasteiger partial charge in [0.05, 0.1) is 13.7 Å². The van der Waals surface area contributed by atoms with Crippen molar-refractivity contribution in [1.29, 1.82) is 0 Å². The first-order valence-corrected chi connectivity index (χ1v) is 5.03. The maximum absolute atomic E-state index is 9.20. The van der Waals surface area contributed by atoms with Gasteiger partial charge in [0.25, 0.3) is 0 Å². The van der Waals surface area contributed by atoms with Crippen molar-refractivity contribution >= 4 is 27.1 Å². The topological polar surface area (TPSA) is 55.5 Å². The van der Waals surface area contributed by atoms with E-state index in [-0.39, 0.29) is 6.61 Å². The van der Waals surface area contributed by atoms with Crippen molar-refractivity contribution in [3.8, 4) is 5.06 Å². The fraction of sp³-hybridized carbons (Fsp3) is 0.200. The lowest BCUT2D eigenvalue weighted by atomic mass is 10.1. The molecule has 0 saturated carbocycles. The Hall–Kier alpha value is -1.26. The average Bonchev–Trinajstić information content (AvgIpc) is 2.54. The molecule has 1 aromatic carbocycles. The van der Waals surface area contributed by atoms with Crippen molar-refractivity contribution in [2.45, 2.75) is 6.61 Å². The van der Waals surface area contributed by atoms with Gasteiger partial charge in [-0.05, 0) is 12.1 Å². The second-order valence-corrected chi connectivity index (χ2v) is 4.00. The van der Waals surface area contributed by atoms with Crippen LogP contribution in [-0.2, 0) is 6.61 Å². The molecule has 0 amide bonds. The number of benzene rings is 1. The molecule has 3 N–H and O–H groups in total. The summed E-state index contributed by atoms with van der Waals surface area (Å²) in [6, 6.07) is 5.63. The number of thiophene rings is 1. The zero-order valence-electron chi connectivity index (χ0n) is 7.78. The summed E-state index contributed by atoms with van der Waals surface area (Å²) >= 11 is 1.50. The van der Waals surface area contributed by atoms with Crippen molar-refractivity contribution in [2.24, 2.45) is 0 Å². The number of hydrogen-bond acceptors (Lipinski definition) is 4. The van der Waals surface area contributed by atoms with E-state index in [0.29, 0.717) is 0 Å². The van der Waals surface area contributed by atoms with E-state index in [1.165, 1.54) is 11.3 Å². The van der Waals surface area contributed by atoms with E-state index < -0.39 is 0 Å². The fourth-order valence-electron chi connectivity index (χ4n) is 1.46. The van der Waals surface area contributed by atoms with Crippen LogP contribution in [0.3, 0.4) is 0 Å². The smallest absolute Gasteiger partial charge is 0.180 e.